The summed E-state index contributed by atoms with van der Waals surface area (Å²) in [5, 5.41) is 0. The molecule has 0 bridgehead atoms. The number of aromatic nitrogens is 2. The molecular weight excluding hydrogens is 184 g/mol. The molecule has 0 saturated heterocycles. The molecule has 2 aromatic heterocycles. The van der Waals surface area contributed by atoms with E-state index in [2.05, 4.69) is 23.8 Å². The van der Waals surface area contributed by atoms with Crippen LogP contribution in [0.5, 0.6) is 0 Å². The molecule has 78 valence electrons. The maximum atomic E-state index is 3.96. The number of nitrogens with zero attached hydrogens (tertiary/aromatic N) is 2. The third-order valence-electron chi connectivity index (χ3n) is 1.69. The Hall–Kier alpha value is -1.70. The van der Waals surface area contributed by atoms with E-state index in [1.807, 2.05) is 24.3 Å². The lowest BCUT2D eigenvalue weighted by atomic mass is 10.1. The van der Waals surface area contributed by atoms with Crippen molar-refractivity contribution in [2.75, 3.05) is 0 Å². The van der Waals surface area contributed by atoms with Crippen molar-refractivity contribution < 1.29 is 0 Å². The molecule has 0 N–H and O–H groups in total. The first-order valence-corrected chi connectivity index (χ1v) is 5.19. The van der Waals surface area contributed by atoms with Crippen molar-refractivity contribution in [2.24, 2.45) is 0 Å². The van der Waals surface area contributed by atoms with Crippen molar-refractivity contribution >= 4 is 0 Å². The second-order valence-corrected chi connectivity index (χ2v) is 3.18. The molecule has 0 aliphatic rings. The summed E-state index contributed by atoms with van der Waals surface area (Å²) in [6, 6.07) is 7.93. The molecule has 0 saturated carbocycles. The van der Waals surface area contributed by atoms with Crippen LogP contribution in [0.4, 0.5) is 0 Å². The van der Waals surface area contributed by atoms with Crippen molar-refractivity contribution in [3.63, 3.8) is 0 Å². The SMILES string of the molecule is CCC.c1cc(-c2ccncc2)ccn1. The van der Waals surface area contributed by atoms with E-state index in [-0.39, 0.29) is 0 Å². The minimum absolute atomic E-state index is 1.17. The van der Waals surface area contributed by atoms with E-state index in [4.69, 9.17) is 0 Å². The smallest absolute Gasteiger partial charge is 0.0273 e. The summed E-state index contributed by atoms with van der Waals surface area (Å²) >= 11 is 0. The first-order chi connectivity index (χ1) is 7.38. The molecule has 0 unspecified atom stereocenters. The molecule has 2 rings (SSSR count). The van der Waals surface area contributed by atoms with Gasteiger partial charge in [-0.2, -0.15) is 0 Å². The average Bonchev–Trinajstić information content (AvgIpc) is 2.32. The van der Waals surface area contributed by atoms with Gasteiger partial charge in [0, 0.05) is 24.8 Å². The Kier molecular flexibility index (Phi) is 5.09. The third-order valence-corrected chi connectivity index (χ3v) is 1.69. The van der Waals surface area contributed by atoms with E-state index in [0.717, 1.165) is 0 Å². The zero-order valence-corrected chi connectivity index (χ0v) is 9.22. The maximum Gasteiger partial charge on any atom is 0.0273 e. The predicted molar refractivity (Wildman–Crippen MR) is 63.4 cm³/mol. The molecule has 0 fully saturated rings. The molecule has 0 spiro atoms. The summed E-state index contributed by atoms with van der Waals surface area (Å²) in [7, 11) is 0. The molecule has 0 aromatic carbocycles. The summed E-state index contributed by atoms with van der Waals surface area (Å²) in [5.74, 6) is 0. The Bertz CT molecular complexity index is 319. The van der Waals surface area contributed by atoms with Gasteiger partial charge in [-0.15, -0.1) is 0 Å². The molecule has 2 nitrogen and oxygen atoms in total. The van der Waals surface area contributed by atoms with Crippen LogP contribution in [0.1, 0.15) is 20.3 Å². The van der Waals surface area contributed by atoms with Gasteiger partial charge in [0.15, 0.2) is 0 Å². The largest absolute Gasteiger partial charge is 0.265 e. The monoisotopic (exact) mass is 200 g/mol. The van der Waals surface area contributed by atoms with Gasteiger partial charge in [-0.05, 0) is 35.4 Å². The van der Waals surface area contributed by atoms with Gasteiger partial charge in [-0.1, -0.05) is 20.3 Å². The Balaban J connectivity index is 0.000000337. The molecule has 15 heavy (non-hydrogen) atoms. The Morgan fingerprint density at radius 1 is 0.733 bits per heavy atom. The van der Waals surface area contributed by atoms with E-state index in [0.29, 0.717) is 0 Å². The number of pyridine rings is 2. The van der Waals surface area contributed by atoms with Crippen LogP contribution in [0.15, 0.2) is 49.1 Å². The van der Waals surface area contributed by atoms with Crippen molar-refractivity contribution in [1.29, 1.82) is 0 Å². The van der Waals surface area contributed by atoms with Crippen LogP contribution in [0, 0.1) is 0 Å². The molecule has 0 aliphatic heterocycles. The van der Waals surface area contributed by atoms with Gasteiger partial charge >= 0.3 is 0 Å². The van der Waals surface area contributed by atoms with Crippen molar-refractivity contribution in [3.05, 3.63) is 49.1 Å². The van der Waals surface area contributed by atoms with Crippen LogP contribution in [0.25, 0.3) is 11.1 Å². The van der Waals surface area contributed by atoms with Crippen LogP contribution >= 0.6 is 0 Å². The summed E-state index contributed by atoms with van der Waals surface area (Å²) in [6.07, 6.45) is 8.40. The lowest BCUT2D eigenvalue weighted by molar-refractivity contribution is 1.09. The fourth-order valence-electron chi connectivity index (χ4n) is 1.09. The van der Waals surface area contributed by atoms with E-state index < -0.39 is 0 Å². The van der Waals surface area contributed by atoms with Gasteiger partial charge in [-0.25, -0.2) is 0 Å². The molecule has 2 heteroatoms. The summed E-state index contributed by atoms with van der Waals surface area (Å²) in [4.78, 5) is 7.91. The van der Waals surface area contributed by atoms with Crippen LogP contribution < -0.4 is 0 Å². The lowest BCUT2D eigenvalue weighted by Crippen LogP contribution is -1.77. The Labute approximate surface area is 91.0 Å². The minimum atomic E-state index is 1.17. The van der Waals surface area contributed by atoms with E-state index >= 15 is 0 Å². The van der Waals surface area contributed by atoms with Crippen LogP contribution in [-0.4, -0.2) is 9.97 Å². The molecule has 2 heterocycles. The molecular formula is C13H16N2. The Morgan fingerprint density at radius 3 is 1.27 bits per heavy atom. The quantitative estimate of drug-likeness (QED) is 0.703. The van der Waals surface area contributed by atoms with Crippen LogP contribution in [0.2, 0.25) is 0 Å². The van der Waals surface area contributed by atoms with Gasteiger partial charge in [0.1, 0.15) is 0 Å². The Morgan fingerprint density at radius 2 is 1.00 bits per heavy atom. The molecule has 0 aliphatic carbocycles. The molecule has 0 amide bonds. The zero-order valence-electron chi connectivity index (χ0n) is 9.22. The number of rotatable bonds is 1. The van der Waals surface area contributed by atoms with Gasteiger partial charge in [-0.3, -0.25) is 9.97 Å². The third kappa shape index (κ3) is 3.90. The molecule has 0 radical (unpaired) electrons. The van der Waals surface area contributed by atoms with E-state index in [1.165, 1.54) is 17.5 Å². The number of hydrogen-bond donors (Lipinski definition) is 0. The molecule has 2 aromatic rings. The van der Waals surface area contributed by atoms with E-state index in [1.54, 1.807) is 24.8 Å². The van der Waals surface area contributed by atoms with Gasteiger partial charge in [0.05, 0.1) is 0 Å². The lowest BCUT2D eigenvalue weighted by Gasteiger charge is -1.97. The fraction of sp³-hybridized carbons (Fsp3) is 0.231. The van der Waals surface area contributed by atoms with Crippen molar-refractivity contribution in [2.45, 2.75) is 20.3 Å². The highest BCUT2D eigenvalue weighted by atomic mass is 14.6. The summed E-state index contributed by atoms with van der Waals surface area (Å²) in [5.41, 5.74) is 2.35. The first-order valence-electron chi connectivity index (χ1n) is 5.19. The topological polar surface area (TPSA) is 25.8 Å². The van der Waals surface area contributed by atoms with Gasteiger partial charge in [0.2, 0.25) is 0 Å². The van der Waals surface area contributed by atoms with E-state index in [9.17, 15) is 0 Å². The normalized spacial score (nSPS) is 8.93. The fourth-order valence-corrected chi connectivity index (χ4v) is 1.09. The predicted octanol–water partition coefficient (Wildman–Crippen LogP) is 3.56. The highest BCUT2D eigenvalue weighted by Gasteiger charge is 1.92. The standard InChI is InChI=1S/C10H8N2.C3H8/c1-5-11-6-2-9(1)10-3-7-12-8-4-10;1-3-2/h1-8H;3H2,1-2H3. The van der Waals surface area contributed by atoms with Crippen LogP contribution in [0.3, 0.4) is 0 Å². The minimum Gasteiger partial charge on any atom is -0.265 e. The van der Waals surface area contributed by atoms with Crippen molar-refractivity contribution in [1.82, 2.24) is 9.97 Å². The molecule has 0 atom stereocenters. The average molecular weight is 200 g/mol. The first kappa shape index (κ1) is 11.4. The maximum absolute atomic E-state index is 3.96. The second kappa shape index (κ2) is 6.71. The summed E-state index contributed by atoms with van der Waals surface area (Å²) < 4.78 is 0. The van der Waals surface area contributed by atoms with Gasteiger partial charge < -0.3 is 0 Å². The highest BCUT2D eigenvalue weighted by molar-refractivity contribution is 5.61. The highest BCUT2D eigenvalue weighted by Crippen LogP contribution is 2.15. The van der Waals surface area contributed by atoms with Crippen molar-refractivity contribution in [3.8, 4) is 11.1 Å². The van der Waals surface area contributed by atoms with Gasteiger partial charge in [0.25, 0.3) is 0 Å². The van der Waals surface area contributed by atoms with Crippen LogP contribution in [-0.2, 0) is 0 Å². The second-order valence-electron chi connectivity index (χ2n) is 3.18. The summed E-state index contributed by atoms with van der Waals surface area (Å²) in [6.45, 7) is 4.25. The number of hydrogen-bond acceptors (Lipinski definition) is 2. The zero-order chi connectivity index (χ0) is 10.9.